The molecule has 0 aliphatic heterocycles. The Labute approximate surface area is 153 Å². The average Bonchev–Trinajstić information content (AvgIpc) is 3.11. The lowest BCUT2D eigenvalue weighted by molar-refractivity contribution is 0.0948. The minimum absolute atomic E-state index is 0.169. The maximum Gasteiger partial charge on any atom is 0.273 e. The van der Waals surface area contributed by atoms with E-state index in [4.69, 9.17) is 10.2 Å². The molecule has 0 radical (unpaired) electrons. The number of amides is 1. The SMILES string of the molecule is CCCCCCCCCCCNC(=O)c1coc(C(N)CCCC)n1. The first-order valence-corrected chi connectivity index (χ1v) is 10.2. The van der Waals surface area contributed by atoms with Crippen LogP contribution >= 0.6 is 0 Å². The van der Waals surface area contributed by atoms with E-state index in [0.717, 1.165) is 25.7 Å². The van der Waals surface area contributed by atoms with E-state index in [1.165, 1.54) is 57.6 Å². The zero-order chi connectivity index (χ0) is 18.3. The lowest BCUT2D eigenvalue weighted by Gasteiger charge is -2.05. The molecule has 5 heteroatoms. The minimum Gasteiger partial charge on any atom is -0.446 e. The Hall–Kier alpha value is -1.36. The second kappa shape index (κ2) is 13.9. The van der Waals surface area contributed by atoms with E-state index in [0.29, 0.717) is 18.1 Å². The molecule has 1 aromatic heterocycles. The summed E-state index contributed by atoms with van der Waals surface area (Å²) in [6, 6.07) is -0.223. The zero-order valence-corrected chi connectivity index (χ0v) is 16.2. The Bertz CT molecular complexity index is 460. The van der Waals surface area contributed by atoms with Crippen molar-refractivity contribution in [3.63, 3.8) is 0 Å². The van der Waals surface area contributed by atoms with Crippen molar-refractivity contribution < 1.29 is 9.21 Å². The highest BCUT2D eigenvalue weighted by molar-refractivity contribution is 5.91. The van der Waals surface area contributed by atoms with Crippen LogP contribution in [-0.4, -0.2) is 17.4 Å². The summed E-state index contributed by atoms with van der Waals surface area (Å²) in [4.78, 5) is 16.3. The number of nitrogens with two attached hydrogens (primary N) is 1. The van der Waals surface area contributed by atoms with Gasteiger partial charge in [0.05, 0.1) is 6.04 Å². The van der Waals surface area contributed by atoms with E-state index in [9.17, 15) is 4.79 Å². The molecule has 0 bridgehead atoms. The molecule has 0 aliphatic rings. The van der Waals surface area contributed by atoms with Gasteiger partial charge in [0, 0.05) is 6.54 Å². The van der Waals surface area contributed by atoms with E-state index < -0.39 is 0 Å². The monoisotopic (exact) mass is 351 g/mol. The van der Waals surface area contributed by atoms with Gasteiger partial charge in [-0.25, -0.2) is 4.98 Å². The fourth-order valence-electron chi connectivity index (χ4n) is 2.84. The first kappa shape index (κ1) is 21.7. The standard InChI is InChI=1S/C20H37N3O2/c1-3-5-7-8-9-10-11-12-13-15-22-19(24)18-16-25-20(23-18)17(21)14-6-4-2/h16-17H,3-15,21H2,1-2H3,(H,22,24). The van der Waals surface area contributed by atoms with E-state index in [-0.39, 0.29) is 11.9 Å². The van der Waals surface area contributed by atoms with Gasteiger partial charge in [-0.15, -0.1) is 0 Å². The molecule has 1 unspecified atom stereocenters. The molecule has 1 aromatic rings. The lowest BCUT2D eigenvalue weighted by Crippen LogP contribution is -2.25. The van der Waals surface area contributed by atoms with Gasteiger partial charge in [-0.2, -0.15) is 0 Å². The highest BCUT2D eigenvalue weighted by Crippen LogP contribution is 2.16. The predicted octanol–water partition coefficient (Wildman–Crippen LogP) is 5.13. The van der Waals surface area contributed by atoms with Gasteiger partial charge >= 0.3 is 0 Å². The topological polar surface area (TPSA) is 81.2 Å². The largest absolute Gasteiger partial charge is 0.446 e. The van der Waals surface area contributed by atoms with Crippen LogP contribution in [-0.2, 0) is 0 Å². The van der Waals surface area contributed by atoms with Crippen LogP contribution in [0.4, 0.5) is 0 Å². The molecule has 0 aliphatic carbocycles. The molecule has 0 fully saturated rings. The summed E-state index contributed by atoms with van der Waals surface area (Å²) in [6.45, 7) is 5.06. The molecule has 1 atom stereocenters. The molecular formula is C20H37N3O2. The fraction of sp³-hybridized carbons (Fsp3) is 0.800. The Morgan fingerprint density at radius 2 is 1.64 bits per heavy atom. The number of unbranched alkanes of at least 4 members (excludes halogenated alkanes) is 9. The van der Waals surface area contributed by atoms with Gasteiger partial charge in [0.2, 0.25) is 5.89 Å². The van der Waals surface area contributed by atoms with Crippen molar-refractivity contribution in [2.24, 2.45) is 5.73 Å². The van der Waals surface area contributed by atoms with Crippen molar-refractivity contribution in [3.05, 3.63) is 17.8 Å². The Morgan fingerprint density at radius 3 is 2.28 bits per heavy atom. The van der Waals surface area contributed by atoms with Crippen LogP contribution in [0.15, 0.2) is 10.7 Å². The van der Waals surface area contributed by atoms with Gasteiger partial charge in [-0.05, 0) is 12.8 Å². The average molecular weight is 352 g/mol. The van der Waals surface area contributed by atoms with E-state index in [2.05, 4.69) is 24.1 Å². The molecule has 0 aromatic carbocycles. The summed E-state index contributed by atoms with van der Waals surface area (Å²) >= 11 is 0. The quantitative estimate of drug-likeness (QED) is 0.429. The van der Waals surface area contributed by atoms with Gasteiger partial charge in [0.1, 0.15) is 6.26 Å². The number of aromatic nitrogens is 1. The summed E-state index contributed by atoms with van der Waals surface area (Å²) < 4.78 is 5.35. The molecule has 0 saturated carbocycles. The Balaban J connectivity index is 2.09. The third-order valence-electron chi connectivity index (χ3n) is 4.51. The van der Waals surface area contributed by atoms with Crippen molar-refractivity contribution >= 4 is 5.91 Å². The molecule has 5 nitrogen and oxygen atoms in total. The summed E-state index contributed by atoms with van der Waals surface area (Å²) in [5.74, 6) is 0.291. The summed E-state index contributed by atoms with van der Waals surface area (Å²) in [5.41, 5.74) is 6.34. The van der Waals surface area contributed by atoms with Crippen LogP contribution < -0.4 is 11.1 Å². The number of rotatable bonds is 15. The van der Waals surface area contributed by atoms with Gasteiger partial charge in [0.15, 0.2) is 5.69 Å². The maximum absolute atomic E-state index is 12.1. The number of nitrogens with zero attached hydrogens (tertiary/aromatic N) is 1. The molecule has 0 spiro atoms. The van der Waals surface area contributed by atoms with Crippen LogP contribution in [0.25, 0.3) is 0 Å². The minimum atomic E-state index is -0.223. The molecular weight excluding hydrogens is 314 g/mol. The normalized spacial score (nSPS) is 12.3. The summed E-state index contributed by atoms with van der Waals surface area (Å²) in [6.07, 6.45) is 15.8. The van der Waals surface area contributed by atoms with Crippen LogP contribution in [0.5, 0.6) is 0 Å². The smallest absolute Gasteiger partial charge is 0.273 e. The third kappa shape index (κ3) is 9.63. The van der Waals surface area contributed by atoms with Crippen molar-refractivity contribution in [3.8, 4) is 0 Å². The Kier molecular flexibility index (Phi) is 12.0. The van der Waals surface area contributed by atoms with Crippen molar-refractivity contribution in [2.75, 3.05) is 6.54 Å². The molecule has 0 saturated heterocycles. The molecule has 3 N–H and O–H groups in total. The van der Waals surface area contributed by atoms with E-state index in [1.54, 1.807) is 0 Å². The van der Waals surface area contributed by atoms with Crippen molar-refractivity contribution in [1.82, 2.24) is 10.3 Å². The van der Waals surface area contributed by atoms with E-state index in [1.807, 2.05) is 0 Å². The number of nitrogens with one attached hydrogen (secondary N) is 1. The van der Waals surface area contributed by atoms with Gasteiger partial charge in [-0.3, -0.25) is 4.79 Å². The summed E-state index contributed by atoms with van der Waals surface area (Å²) in [7, 11) is 0. The van der Waals surface area contributed by atoms with Gasteiger partial charge in [-0.1, -0.05) is 78.1 Å². The predicted molar refractivity (Wildman–Crippen MR) is 103 cm³/mol. The first-order chi connectivity index (χ1) is 12.2. The van der Waals surface area contributed by atoms with Crippen LogP contribution in [0.2, 0.25) is 0 Å². The Morgan fingerprint density at radius 1 is 1.04 bits per heavy atom. The molecule has 1 amide bonds. The maximum atomic E-state index is 12.1. The lowest BCUT2D eigenvalue weighted by atomic mass is 10.1. The third-order valence-corrected chi connectivity index (χ3v) is 4.51. The second-order valence-electron chi connectivity index (χ2n) is 6.90. The zero-order valence-electron chi connectivity index (χ0n) is 16.2. The second-order valence-corrected chi connectivity index (χ2v) is 6.90. The number of carbonyl (C=O) groups is 1. The fourth-order valence-corrected chi connectivity index (χ4v) is 2.84. The molecule has 144 valence electrons. The number of hydrogen-bond acceptors (Lipinski definition) is 4. The molecule has 1 heterocycles. The van der Waals surface area contributed by atoms with E-state index >= 15 is 0 Å². The summed E-state index contributed by atoms with van der Waals surface area (Å²) in [5, 5.41) is 2.91. The number of carbonyl (C=O) groups excluding carboxylic acids is 1. The molecule has 25 heavy (non-hydrogen) atoms. The first-order valence-electron chi connectivity index (χ1n) is 10.2. The number of oxazole rings is 1. The van der Waals surface area contributed by atoms with Crippen molar-refractivity contribution in [2.45, 2.75) is 96.9 Å². The van der Waals surface area contributed by atoms with Gasteiger partial charge in [0.25, 0.3) is 5.91 Å². The van der Waals surface area contributed by atoms with Gasteiger partial charge < -0.3 is 15.5 Å². The van der Waals surface area contributed by atoms with Crippen molar-refractivity contribution in [1.29, 1.82) is 0 Å². The van der Waals surface area contributed by atoms with Crippen LogP contribution in [0, 0.1) is 0 Å². The highest BCUT2D eigenvalue weighted by Gasteiger charge is 2.16. The highest BCUT2D eigenvalue weighted by atomic mass is 16.3. The number of hydrogen-bond donors (Lipinski definition) is 2. The van der Waals surface area contributed by atoms with Crippen LogP contribution in [0.1, 0.15) is 113 Å². The van der Waals surface area contributed by atoms with Crippen LogP contribution in [0.3, 0.4) is 0 Å². The molecule has 1 rings (SSSR count).